The predicted molar refractivity (Wildman–Crippen MR) is 101 cm³/mol. The molecule has 0 radical (unpaired) electrons. The average Bonchev–Trinajstić information content (AvgIpc) is 2.59. The zero-order valence-corrected chi connectivity index (χ0v) is 14.8. The number of imide groups is 2. The van der Waals surface area contributed by atoms with Gasteiger partial charge in [-0.05, 0) is 48.4 Å². The van der Waals surface area contributed by atoms with Crippen molar-refractivity contribution in [2.24, 2.45) is 0 Å². The largest absolute Gasteiger partial charge is 0.378 e. The first kappa shape index (κ1) is 17.4. The normalized spacial score (nSPS) is 16.0. The number of barbiturate groups is 1. The molecule has 1 N–H and O–H groups in total. The SMILES string of the molecule is Cc1cccc(N2C(=O)NC(=O)/C(=C/c3ccc(N(C)C)cc3)C2=O)c1. The van der Waals surface area contributed by atoms with Crippen molar-refractivity contribution in [3.8, 4) is 0 Å². The van der Waals surface area contributed by atoms with Crippen LogP contribution in [0.15, 0.2) is 54.1 Å². The van der Waals surface area contributed by atoms with Gasteiger partial charge in [-0.15, -0.1) is 0 Å². The number of hydrogen-bond acceptors (Lipinski definition) is 4. The van der Waals surface area contributed by atoms with Crippen molar-refractivity contribution in [1.29, 1.82) is 0 Å². The highest BCUT2D eigenvalue weighted by molar-refractivity contribution is 6.39. The highest BCUT2D eigenvalue weighted by Crippen LogP contribution is 2.23. The number of anilines is 2. The van der Waals surface area contributed by atoms with E-state index in [1.165, 1.54) is 6.08 Å². The summed E-state index contributed by atoms with van der Waals surface area (Å²) >= 11 is 0. The Hall–Kier alpha value is -3.41. The molecule has 6 heteroatoms. The van der Waals surface area contributed by atoms with Crippen molar-refractivity contribution in [3.63, 3.8) is 0 Å². The molecule has 1 aliphatic heterocycles. The molecule has 1 saturated heterocycles. The number of aryl methyl sites for hydroxylation is 1. The van der Waals surface area contributed by atoms with Crippen LogP contribution in [0, 0.1) is 6.92 Å². The van der Waals surface area contributed by atoms with Crippen LogP contribution in [0.2, 0.25) is 0 Å². The number of amides is 4. The molecule has 2 aromatic carbocycles. The topological polar surface area (TPSA) is 69.7 Å². The van der Waals surface area contributed by atoms with E-state index >= 15 is 0 Å². The Morgan fingerprint density at radius 1 is 1.00 bits per heavy atom. The second kappa shape index (κ2) is 6.84. The van der Waals surface area contributed by atoms with Crippen LogP contribution in [0.25, 0.3) is 6.08 Å². The van der Waals surface area contributed by atoms with Gasteiger partial charge in [-0.3, -0.25) is 14.9 Å². The summed E-state index contributed by atoms with van der Waals surface area (Å²) in [5.41, 5.74) is 2.96. The fourth-order valence-electron chi connectivity index (χ4n) is 2.69. The number of nitrogens with zero attached hydrogens (tertiary/aromatic N) is 2. The van der Waals surface area contributed by atoms with E-state index in [4.69, 9.17) is 0 Å². The predicted octanol–water partition coefficient (Wildman–Crippen LogP) is 2.73. The van der Waals surface area contributed by atoms with Crippen LogP contribution in [0.5, 0.6) is 0 Å². The molecule has 4 amide bonds. The van der Waals surface area contributed by atoms with Crippen LogP contribution in [0.1, 0.15) is 11.1 Å². The summed E-state index contributed by atoms with van der Waals surface area (Å²) in [4.78, 5) is 40.1. The fraction of sp³-hybridized carbons (Fsp3) is 0.150. The van der Waals surface area contributed by atoms with Gasteiger partial charge in [0, 0.05) is 19.8 Å². The van der Waals surface area contributed by atoms with E-state index in [1.807, 2.05) is 56.3 Å². The summed E-state index contributed by atoms with van der Waals surface area (Å²) in [7, 11) is 3.85. The van der Waals surface area contributed by atoms with Gasteiger partial charge < -0.3 is 4.90 Å². The smallest absolute Gasteiger partial charge is 0.335 e. The first-order valence-electron chi connectivity index (χ1n) is 8.12. The van der Waals surface area contributed by atoms with Crippen molar-refractivity contribution in [2.75, 3.05) is 23.9 Å². The maximum absolute atomic E-state index is 12.8. The van der Waals surface area contributed by atoms with Crippen LogP contribution < -0.4 is 15.1 Å². The molecule has 0 aliphatic carbocycles. The molecule has 1 aliphatic rings. The number of hydrogen-bond donors (Lipinski definition) is 1. The van der Waals surface area contributed by atoms with E-state index in [0.717, 1.165) is 16.2 Å². The van der Waals surface area contributed by atoms with Crippen molar-refractivity contribution < 1.29 is 14.4 Å². The lowest BCUT2D eigenvalue weighted by Crippen LogP contribution is -2.54. The zero-order valence-electron chi connectivity index (χ0n) is 14.8. The van der Waals surface area contributed by atoms with Crippen molar-refractivity contribution in [3.05, 3.63) is 65.2 Å². The molecule has 0 spiro atoms. The number of benzene rings is 2. The number of carbonyl (C=O) groups excluding carboxylic acids is 3. The van der Waals surface area contributed by atoms with Gasteiger partial charge in [0.25, 0.3) is 11.8 Å². The standard InChI is InChI=1S/C20H19N3O3/c1-13-5-4-6-16(11-13)23-19(25)17(18(24)21-20(23)26)12-14-7-9-15(10-8-14)22(2)3/h4-12H,1-3H3,(H,21,24,26)/b17-12-. The van der Waals surface area contributed by atoms with Gasteiger partial charge in [0.1, 0.15) is 5.57 Å². The van der Waals surface area contributed by atoms with E-state index in [1.54, 1.807) is 18.2 Å². The molecule has 132 valence electrons. The van der Waals surface area contributed by atoms with Gasteiger partial charge in [-0.1, -0.05) is 24.3 Å². The van der Waals surface area contributed by atoms with Crippen LogP contribution in [-0.2, 0) is 9.59 Å². The second-order valence-corrected chi connectivity index (χ2v) is 6.28. The minimum Gasteiger partial charge on any atom is -0.378 e. The van der Waals surface area contributed by atoms with Gasteiger partial charge in [0.05, 0.1) is 5.69 Å². The summed E-state index contributed by atoms with van der Waals surface area (Å²) < 4.78 is 0. The molecule has 2 aromatic rings. The Bertz CT molecular complexity index is 914. The van der Waals surface area contributed by atoms with Crippen LogP contribution >= 0.6 is 0 Å². The molecule has 3 rings (SSSR count). The minimum absolute atomic E-state index is 0.0799. The van der Waals surface area contributed by atoms with E-state index in [9.17, 15) is 14.4 Å². The summed E-state index contributed by atoms with van der Waals surface area (Å²) in [6.45, 7) is 1.87. The Kier molecular flexibility index (Phi) is 4.58. The Labute approximate surface area is 151 Å². The van der Waals surface area contributed by atoms with Crippen molar-refractivity contribution in [2.45, 2.75) is 6.92 Å². The molecule has 0 aromatic heterocycles. The second-order valence-electron chi connectivity index (χ2n) is 6.28. The number of urea groups is 1. The van der Waals surface area contributed by atoms with Gasteiger partial charge in [-0.2, -0.15) is 0 Å². The molecule has 6 nitrogen and oxygen atoms in total. The molecule has 26 heavy (non-hydrogen) atoms. The van der Waals surface area contributed by atoms with Gasteiger partial charge >= 0.3 is 6.03 Å². The van der Waals surface area contributed by atoms with Crippen molar-refractivity contribution >= 4 is 35.3 Å². The Morgan fingerprint density at radius 3 is 2.31 bits per heavy atom. The van der Waals surface area contributed by atoms with Gasteiger partial charge in [-0.25, -0.2) is 9.69 Å². The maximum Gasteiger partial charge on any atom is 0.335 e. The van der Waals surface area contributed by atoms with Gasteiger partial charge in [0.2, 0.25) is 0 Å². The van der Waals surface area contributed by atoms with Crippen molar-refractivity contribution in [1.82, 2.24) is 5.32 Å². The summed E-state index contributed by atoms with van der Waals surface area (Å²) in [6.07, 6.45) is 1.49. The van der Waals surface area contributed by atoms with E-state index < -0.39 is 17.8 Å². The third kappa shape index (κ3) is 3.35. The highest BCUT2D eigenvalue weighted by atomic mass is 16.2. The molecule has 0 unspecified atom stereocenters. The summed E-state index contributed by atoms with van der Waals surface area (Å²) in [5.74, 6) is -1.33. The maximum atomic E-state index is 12.8. The monoisotopic (exact) mass is 349 g/mol. The van der Waals surface area contributed by atoms with E-state index in [2.05, 4.69) is 5.32 Å². The molecule has 1 fully saturated rings. The van der Waals surface area contributed by atoms with E-state index in [-0.39, 0.29) is 5.57 Å². The van der Waals surface area contributed by atoms with E-state index in [0.29, 0.717) is 11.3 Å². The summed E-state index contributed by atoms with van der Waals surface area (Å²) in [6, 6.07) is 13.7. The number of carbonyl (C=O) groups is 3. The van der Waals surface area contributed by atoms with Crippen LogP contribution in [-0.4, -0.2) is 31.9 Å². The molecule has 0 bridgehead atoms. The minimum atomic E-state index is -0.745. The lowest BCUT2D eigenvalue weighted by molar-refractivity contribution is -0.122. The third-order valence-electron chi connectivity index (χ3n) is 4.08. The first-order chi connectivity index (χ1) is 12.4. The molecule has 0 saturated carbocycles. The summed E-state index contributed by atoms with van der Waals surface area (Å²) in [5, 5.41) is 2.23. The van der Waals surface area contributed by atoms with Crippen LogP contribution in [0.4, 0.5) is 16.2 Å². The Morgan fingerprint density at radius 2 is 1.69 bits per heavy atom. The van der Waals surface area contributed by atoms with Gasteiger partial charge in [0.15, 0.2) is 0 Å². The lowest BCUT2D eigenvalue weighted by atomic mass is 10.1. The number of rotatable bonds is 3. The molecular formula is C20H19N3O3. The average molecular weight is 349 g/mol. The Balaban J connectivity index is 1.97. The quantitative estimate of drug-likeness (QED) is 0.683. The molecular weight excluding hydrogens is 330 g/mol. The number of nitrogens with one attached hydrogen (secondary N) is 1. The van der Waals surface area contributed by atoms with Crippen LogP contribution in [0.3, 0.4) is 0 Å². The highest BCUT2D eigenvalue weighted by Gasteiger charge is 2.36. The first-order valence-corrected chi connectivity index (χ1v) is 8.12. The molecule has 0 atom stereocenters. The lowest BCUT2D eigenvalue weighted by Gasteiger charge is -2.26. The third-order valence-corrected chi connectivity index (χ3v) is 4.08. The zero-order chi connectivity index (χ0) is 18.8. The fourth-order valence-corrected chi connectivity index (χ4v) is 2.69. The molecule has 1 heterocycles.